The molecule has 0 aromatic rings. The summed E-state index contributed by atoms with van der Waals surface area (Å²) < 4.78 is 14.6. The van der Waals surface area contributed by atoms with E-state index in [-0.39, 0.29) is 0 Å². The van der Waals surface area contributed by atoms with Crippen LogP contribution in [0.1, 0.15) is 199 Å². The lowest BCUT2D eigenvalue weighted by atomic mass is 9.55. The first-order valence-electron chi connectivity index (χ1n) is 25.3. The normalized spacial score (nSPS) is 53.2. The van der Waals surface area contributed by atoms with Crippen LogP contribution in [0.25, 0.3) is 0 Å². The molecular formula is C50H81NO2. The van der Waals surface area contributed by atoms with E-state index in [9.17, 15) is 0 Å². The molecule has 0 aromatic carbocycles. The Labute approximate surface area is 326 Å². The van der Waals surface area contributed by atoms with Crippen LogP contribution in [0.2, 0.25) is 0 Å². The lowest BCUT2D eigenvalue weighted by molar-refractivity contribution is -0.105. The van der Waals surface area contributed by atoms with Crippen molar-refractivity contribution in [2.24, 2.45) is 71.0 Å². The summed E-state index contributed by atoms with van der Waals surface area (Å²) in [6, 6.07) is 2.36. The van der Waals surface area contributed by atoms with E-state index in [1.807, 2.05) is 0 Å². The van der Waals surface area contributed by atoms with E-state index < -0.39 is 0 Å². The van der Waals surface area contributed by atoms with Crippen molar-refractivity contribution in [1.82, 2.24) is 4.90 Å². The second-order valence-corrected chi connectivity index (χ2v) is 22.5. The molecule has 3 nitrogen and oxygen atoms in total. The third-order valence-electron chi connectivity index (χ3n) is 20.5. The van der Waals surface area contributed by atoms with Crippen LogP contribution in [0.3, 0.4) is 0 Å². The van der Waals surface area contributed by atoms with E-state index in [1.165, 1.54) is 122 Å². The van der Waals surface area contributed by atoms with Crippen molar-refractivity contribution in [3.05, 3.63) is 0 Å². The highest BCUT2D eigenvalue weighted by Crippen LogP contribution is 2.58. The Bertz CT molecular complexity index is 1210. The topological polar surface area (TPSA) is 21.7 Å². The van der Waals surface area contributed by atoms with Crippen molar-refractivity contribution in [2.75, 3.05) is 0 Å². The molecule has 9 saturated carbocycles. The summed E-state index contributed by atoms with van der Waals surface area (Å²) in [7, 11) is 0. The van der Waals surface area contributed by atoms with Crippen LogP contribution in [-0.4, -0.2) is 47.4 Å². The molecule has 53 heavy (non-hydrogen) atoms. The molecule has 0 bridgehead atoms. The molecule has 2 aliphatic heterocycles. The number of nitrogens with zero attached hydrogens (tertiary/aromatic N) is 1. The Balaban J connectivity index is 0.798. The smallest absolute Gasteiger partial charge is 0.0766 e. The van der Waals surface area contributed by atoms with Gasteiger partial charge in [0.05, 0.1) is 24.4 Å². The summed E-state index contributed by atoms with van der Waals surface area (Å²) in [5, 5.41) is 0. The maximum absolute atomic E-state index is 7.71. The molecule has 2 heterocycles. The predicted octanol–water partition coefficient (Wildman–Crippen LogP) is 12.5. The Hall–Kier alpha value is -0.120. The molecule has 0 N–H and O–H groups in total. The average Bonchev–Trinajstić information content (AvgIpc) is 3.81. The van der Waals surface area contributed by atoms with Crippen LogP contribution < -0.4 is 0 Å². The summed E-state index contributed by atoms with van der Waals surface area (Å²) in [5.41, 5.74) is 0. The second-order valence-electron chi connectivity index (χ2n) is 22.5. The summed E-state index contributed by atoms with van der Waals surface area (Å²) in [4.78, 5) is 3.33. The quantitative estimate of drug-likeness (QED) is 0.281. The van der Waals surface area contributed by atoms with Crippen LogP contribution in [0.4, 0.5) is 0 Å². The Morgan fingerprint density at radius 3 is 1.66 bits per heavy atom. The lowest BCUT2D eigenvalue weighted by Crippen LogP contribution is -2.58. The lowest BCUT2D eigenvalue weighted by Gasteiger charge is -2.53. The highest BCUT2D eigenvalue weighted by molar-refractivity contribution is 5.10. The maximum atomic E-state index is 7.71. The predicted molar refractivity (Wildman–Crippen MR) is 216 cm³/mol. The number of ether oxygens (including phenoxy) is 2. The second kappa shape index (κ2) is 15.6. The molecule has 11 aliphatic rings. The number of hydrogen-bond donors (Lipinski definition) is 0. The van der Waals surface area contributed by atoms with Gasteiger partial charge in [-0.05, 0) is 194 Å². The summed E-state index contributed by atoms with van der Waals surface area (Å²) in [6.07, 6.45) is 48.8. The van der Waals surface area contributed by atoms with Crippen molar-refractivity contribution in [3.8, 4) is 0 Å². The van der Waals surface area contributed by atoms with Crippen LogP contribution in [0.5, 0.6) is 0 Å². The fourth-order valence-corrected chi connectivity index (χ4v) is 18.2. The maximum Gasteiger partial charge on any atom is 0.0766 e. The molecule has 2 saturated heterocycles. The van der Waals surface area contributed by atoms with Crippen molar-refractivity contribution >= 4 is 0 Å². The molecule has 14 atom stereocenters. The molecular weight excluding hydrogens is 647 g/mol. The molecule has 11 fully saturated rings. The molecule has 0 radical (unpaired) electrons. The zero-order valence-electron chi connectivity index (χ0n) is 34.2. The minimum absolute atomic E-state index is 0.510. The zero-order chi connectivity index (χ0) is 34.9. The Kier molecular flexibility index (Phi) is 10.6. The van der Waals surface area contributed by atoms with Gasteiger partial charge in [-0.2, -0.15) is 0 Å². The van der Waals surface area contributed by atoms with Crippen LogP contribution in [-0.2, 0) is 9.47 Å². The molecule has 14 unspecified atom stereocenters. The van der Waals surface area contributed by atoms with Gasteiger partial charge in [0.1, 0.15) is 0 Å². The third kappa shape index (κ3) is 6.69. The van der Waals surface area contributed by atoms with Crippen molar-refractivity contribution in [2.45, 2.75) is 242 Å². The Morgan fingerprint density at radius 1 is 0.302 bits per heavy atom. The van der Waals surface area contributed by atoms with E-state index in [0.29, 0.717) is 36.4 Å². The minimum Gasteiger partial charge on any atom is -0.374 e. The summed E-state index contributed by atoms with van der Waals surface area (Å²) >= 11 is 0. The highest BCUT2D eigenvalue weighted by atomic mass is 16.5. The SMILES string of the molecule is C1CCC(C2CCC(N(C3CCC(C4CCC5C(CCC6CCCCC65)C4)CC3)C3CCCC4C5CCC6OC7CCCCC7C6C5OC43)CC2)CC1. The fraction of sp³-hybridized carbons (Fsp3) is 1.00. The van der Waals surface area contributed by atoms with Crippen LogP contribution in [0, 0.1) is 71.0 Å². The fourth-order valence-electron chi connectivity index (χ4n) is 18.2. The van der Waals surface area contributed by atoms with Gasteiger partial charge >= 0.3 is 0 Å². The zero-order valence-corrected chi connectivity index (χ0v) is 34.2. The standard InChI is InChI=1S/C50H81NO2/c1-2-9-32(10-3-1)33-19-24-38(25-20-33)51(39-26-21-34(22-27-39)36-23-28-41-37(31-36)18-17-35-11-4-5-12-40(35)41)45-15-8-14-42-43-29-30-47-48(50(43)53-49(42)45)44-13-6-7-16-46(44)52-47/h32-50H,1-31H2. The van der Waals surface area contributed by atoms with Gasteiger partial charge in [0.15, 0.2) is 0 Å². The van der Waals surface area contributed by atoms with E-state index in [1.54, 1.807) is 77.0 Å². The van der Waals surface area contributed by atoms with Gasteiger partial charge in [-0.25, -0.2) is 0 Å². The highest BCUT2D eigenvalue weighted by Gasteiger charge is 2.61. The number of fused-ring (bicyclic) bond motifs is 10. The number of hydrogen-bond acceptors (Lipinski definition) is 3. The third-order valence-corrected chi connectivity index (χ3v) is 20.5. The van der Waals surface area contributed by atoms with Crippen molar-refractivity contribution < 1.29 is 9.47 Å². The minimum atomic E-state index is 0.510. The van der Waals surface area contributed by atoms with Gasteiger partial charge in [0.25, 0.3) is 0 Å². The first-order chi connectivity index (χ1) is 26.3. The molecule has 0 aromatic heterocycles. The molecule has 11 rings (SSSR count). The van der Waals surface area contributed by atoms with E-state index in [2.05, 4.69) is 4.90 Å². The van der Waals surface area contributed by atoms with Gasteiger partial charge in [-0.1, -0.05) is 70.6 Å². The van der Waals surface area contributed by atoms with Crippen molar-refractivity contribution in [1.29, 1.82) is 0 Å². The van der Waals surface area contributed by atoms with E-state index >= 15 is 0 Å². The van der Waals surface area contributed by atoms with Gasteiger partial charge in [-0.15, -0.1) is 0 Å². The first-order valence-corrected chi connectivity index (χ1v) is 25.3. The largest absolute Gasteiger partial charge is 0.374 e. The molecule has 298 valence electrons. The number of rotatable bonds is 5. The van der Waals surface area contributed by atoms with Crippen LogP contribution >= 0.6 is 0 Å². The molecule has 0 spiro atoms. The van der Waals surface area contributed by atoms with E-state index in [4.69, 9.17) is 9.47 Å². The van der Waals surface area contributed by atoms with Gasteiger partial charge in [0, 0.05) is 24.0 Å². The van der Waals surface area contributed by atoms with Crippen molar-refractivity contribution in [3.63, 3.8) is 0 Å². The average molecular weight is 728 g/mol. The molecule has 3 heteroatoms. The van der Waals surface area contributed by atoms with E-state index in [0.717, 1.165) is 77.2 Å². The molecule has 0 amide bonds. The Morgan fingerprint density at radius 2 is 0.849 bits per heavy atom. The summed E-state index contributed by atoms with van der Waals surface area (Å²) in [6.45, 7) is 0. The first kappa shape index (κ1) is 36.0. The van der Waals surface area contributed by atoms with Gasteiger partial charge < -0.3 is 9.47 Å². The van der Waals surface area contributed by atoms with Gasteiger partial charge in [-0.3, -0.25) is 4.90 Å². The molecule has 9 aliphatic carbocycles. The monoisotopic (exact) mass is 728 g/mol. The van der Waals surface area contributed by atoms with Gasteiger partial charge in [0.2, 0.25) is 0 Å². The summed E-state index contributed by atoms with van der Waals surface area (Å²) in [5.74, 6) is 11.8. The van der Waals surface area contributed by atoms with Crippen LogP contribution in [0.15, 0.2) is 0 Å².